The van der Waals surface area contributed by atoms with E-state index in [1.165, 1.54) is 16.7 Å². The van der Waals surface area contributed by atoms with Crippen molar-refractivity contribution in [3.05, 3.63) is 132 Å². The number of hydrogen-bond donors (Lipinski definition) is 0. The maximum atomic E-state index is 6.82. The van der Waals surface area contributed by atoms with Crippen LogP contribution >= 0.6 is 11.6 Å². The van der Waals surface area contributed by atoms with Crippen molar-refractivity contribution < 1.29 is 0 Å². The Hall–Kier alpha value is -2.83. The molecule has 0 nitrogen and oxygen atoms in total. The Bertz CT molecular complexity index is 1300. The van der Waals surface area contributed by atoms with E-state index in [1.807, 2.05) is 12.1 Å². The highest BCUT2D eigenvalue weighted by Crippen LogP contribution is 2.72. The third-order valence-electron chi connectivity index (χ3n) is 9.49. The van der Waals surface area contributed by atoms with Gasteiger partial charge in [0.2, 0.25) is 0 Å². The molecule has 4 aliphatic rings. The van der Waals surface area contributed by atoms with Gasteiger partial charge in [0.15, 0.2) is 0 Å². The Kier molecular flexibility index (Phi) is 5.61. The van der Waals surface area contributed by atoms with E-state index < -0.39 is 0 Å². The minimum atomic E-state index is -0.137. The molecule has 176 valence electrons. The summed E-state index contributed by atoms with van der Waals surface area (Å²) in [5.74, 6) is 2.19. The van der Waals surface area contributed by atoms with Crippen LogP contribution in [0.15, 0.2) is 115 Å². The smallest absolute Gasteiger partial charge is 0.0481 e. The first-order valence-corrected chi connectivity index (χ1v) is 13.4. The zero-order chi connectivity index (χ0) is 24.0. The Morgan fingerprint density at radius 1 is 0.857 bits per heavy atom. The minimum Gasteiger partial charge on any atom is -0.0882 e. The Balaban J connectivity index is 1.51. The van der Waals surface area contributed by atoms with Gasteiger partial charge in [0, 0.05) is 10.4 Å². The van der Waals surface area contributed by atoms with Crippen molar-refractivity contribution in [2.75, 3.05) is 0 Å². The lowest BCUT2D eigenvalue weighted by Crippen LogP contribution is -2.62. The molecule has 2 aromatic carbocycles. The quantitative estimate of drug-likeness (QED) is 0.387. The van der Waals surface area contributed by atoms with Crippen molar-refractivity contribution in [1.82, 2.24) is 0 Å². The second-order valence-electron chi connectivity index (χ2n) is 10.9. The number of hydrogen-bond acceptors (Lipinski definition) is 0. The average Bonchev–Trinajstić information content (AvgIpc) is 3.11. The van der Waals surface area contributed by atoms with Gasteiger partial charge in [-0.25, -0.2) is 0 Å². The van der Waals surface area contributed by atoms with Crippen molar-refractivity contribution in [1.29, 1.82) is 0 Å². The molecule has 35 heavy (non-hydrogen) atoms. The van der Waals surface area contributed by atoms with E-state index in [9.17, 15) is 0 Å². The van der Waals surface area contributed by atoms with Crippen molar-refractivity contribution in [2.45, 2.75) is 26.7 Å². The first-order chi connectivity index (χ1) is 17.1. The van der Waals surface area contributed by atoms with Crippen LogP contribution in [0.1, 0.15) is 37.8 Å². The van der Waals surface area contributed by atoms with Crippen LogP contribution in [0.4, 0.5) is 0 Å². The molecule has 0 amide bonds. The molecule has 1 spiro atoms. The summed E-state index contributed by atoms with van der Waals surface area (Å²) in [5, 5.41) is 0.832. The molecule has 0 N–H and O–H groups in total. The molecule has 2 aromatic rings. The van der Waals surface area contributed by atoms with E-state index in [1.54, 1.807) is 0 Å². The normalized spacial score (nSPS) is 35.2. The standard InChI is InChI=1S/C34H33Cl/c1-24-26-17-13-18-27(25-14-5-3-6-15-25)32(26)34(24)23-12-10-21-31(34)33(2)22-11-4-7-19-29(33)28-16-8-9-20-30(28)35/h3-20,22,24,26,31-32H,21,23H2,1-2H3/t24-,26?,31+,32?,33+,34?/m1/s1. The SMILES string of the molecule is C[C@@H]1C2C=CC=C(c3ccccc3)C2C12CC=CC[C@H]2[C@@]1(C)C=CC=CC=C1c1ccccc1Cl. The van der Waals surface area contributed by atoms with Gasteiger partial charge in [-0.2, -0.15) is 0 Å². The number of allylic oxidation sites excluding steroid dienone is 12. The van der Waals surface area contributed by atoms with E-state index in [0.717, 1.165) is 23.4 Å². The first-order valence-electron chi connectivity index (χ1n) is 13.0. The fourth-order valence-corrected chi connectivity index (χ4v) is 8.12. The number of halogens is 1. The fourth-order valence-electron chi connectivity index (χ4n) is 7.88. The Morgan fingerprint density at radius 3 is 2.49 bits per heavy atom. The third kappa shape index (κ3) is 3.34. The molecule has 0 aromatic heterocycles. The largest absolute Gasteiger partial charge is 0.0882 e. The zero-order valence-corrected chi connectivity index (χ0v) is 21.3. The van der Waals surface area contributed by atoms with Crippen molar-refractivity contribution in [2.24, 2.45) is 34.5 Å². The fraction of sp³-hybridized carbons (Fsp3) is 0.294. The van der Waals surface area contributed by atoms with Gasteiger partial charge < -0.3 is 0 Å². The predicted octanol–water partition coefficient (Wildman–Crippen LogP) is 9.34. The maximum Gasteiger partial charge on any atom is 0.0481 e. The van der Waals surface area contributed by atoms with E-state index in [0.29, 0.717) is 23.7 Å². The Labute approximate surface area is 215 Å². The van der Waals surface area contributed by atoms with Crippen LogP contribution in [-0.4, -0.2) is 0 Å². The van der Waals surface area contributed by atoms with Crippen molar-refractivity contribution >= 4 is 22.7 Å². The first kappa shape index (κ1) is 22.6. The number of benzene rings is 2. The Morgan fingerprint density at radius 2 is 1.66 bits per heavy atom. The number of fused-ring (bicyclic) bond motifs is 2. The van der Waals surface area contributed by atoms with Gasteiger partial charge in [-0.3, -0.25) is 0 Å². The van der Waals surface area contributed by atoms with Crippen LogP contribution in [-0.2, 0) is 0 Å². The minimum absolute atomic E-state index is 0.137. The highest BCUT2D eigenvalue weighted by molar-refractivity contribution is 6.32. The zero-order valence-electron chi connectivity index (χ0n) is 20.6. The highest BCUT2D eigenvalue weighted by atomic mass is 35.5. The molecule has 1 saturated carbocycles. The maximum absolute atomic E-state index is 6.82. The van der Waals surface area contributed by atoms with Gasteiger partial charge in [0.1, 0.15) is 0 Å². The van der Waals surface area contributed by atoms with Crippen LogP contribution in [0.2, 0.25) is 5.02 Å². The monoisotopic (exact) mass is 476 g/mol. The topological polar surface area (TPSA) is 0 Å². The van der Waals surface area contributed by atoms with E-state index in [2.05, 4.69) is 117 Å². The van der Waals surface area contributed by atoms with Gasteiger partial charge in [0.25, 0.3) is 0 Å². The van der Waals surface area contributed by atoms with Gasteiger partial charge in [-0.1, -0.05) is 135 Å². The lowest BCUT2D eigenvalue weighted by molar-refractivity contribution is -0.127. The molecule has 6 rings (SSSR count). The van der Waals surface area contributed by atoms with Crippen LogP contribution in [0.25, 0.3) is 11.1 Å². The molecule has 0 aliphatic heterocycles. The van der Waals surface area contributed by atoms with Crippen LogP contribution in [0.5, 0.6) is 0 Å². The summed E-state index contributed by atoms with van der Waals surface area (Å²) in [6.07, 6.45) is 25.6. The van der Waals surface area contributed by atoms with Gasteiger partial charge >= 0.3 is 0 Å². The predicted molar refractivity (Wildman–Crippen MR) is 150 cm³/mol. The van der Waals surface area contributed by atoms with Gasteiger partial charge in [0.05, 0.1) is 0 Å². The van der Waals surface area contributed by atoms with E-state index >= 15 is 0 Å². The van der Waals surface area contributed by atoms with Crippen LogP contribution in [0, 0.1) is 34.5 Å². The molecule has 0 bridgehead atoms. The molecule has 1 heteroatoms. The summed E-state index contributed by atoms with van der Waals surface area (Å²) in [7, 11) is 0. The average molecular weight is 477 g/mol. The third-order valence-corrected chi connectivity index (χ3v) is 9.82. The lowest BCUT2D eigenvalue weighted by Gasteiger charge is -2.68. The summed E-state index contributed by atoms with van der Waals surface area (Å²) < 4.78 is 0. The molecular formula is C34H33Cl. The molecule has 3 unspecified atom stereocenters. The second-order valence-corrected chi connectivity index (χ2v) is 11.3. The van der Waals surface area contributed by atoms with Crippen LogP contribution < -0.4 is 0 Å². The van der Waals surface area contributed by atoms with E-state index in [4.69, 9.17) is 11.6 Å². The summed E-state index contributed by atoms with van der Waals surface area (Å²) in [6, 6.07) is 19.4. The lowest BCUT2D eigenvalue weighted by atomic mass is 9.35. The molecule has 0 saturated heterocycles. The number of rotatable bonds is 3. The molecule has 1 fully saturated rings. The molecule has 0 heterocycles. The molecule has 6 atom stereocenters. The summed E-state index contributed by atoms with van der Waals surface area (Å²) in [6.45, 7) is 4.97. The molecule has 4 aliphatic carbocycles. The van der Waals surface area contributed by atoms with Crippen molar-refractivity contribution in [3.8, 4) is 0 Å². The summed E-state index contributed by atoms with van der Waals surface area (Å²) >= 11 is 6.82. The van der Waals surface area contributed by atoms with Gasteiger partial charge in [-0.15, -0.1) is 0 Å². The van der Waals surface area contributed by atoms with E-state index in [-0.39, 0.29) is 10.8 Å². The molecular weight excluding hydrogens is 444 g/mol. The second kappa shape index (κ2) is 8.68. The highest BCUT2D eigenvalue weighted by Gasteiger charge is 2.66. The van der Waals surface area contributed by atoms with Crippen molar-refractivity contribution in [3.63, 3.8) is 0 Å². The van der Waals surface area contributed by atoms with Gasteiger partial charge in [-0.05, 0) is 70.3 Å². The molecule has 0 radical (unpaired) electrons. The summed E-state index contributed by atoms with van der Waals surface area (Å²) in [5.41, 5.74) is 5.43. The summed E-state index contributed by atoms with van der Waals surface area (Å²) in [4.78, 5) is 0. The van der Waals surface area contributed by atoms with Crippen LogP contribution in [0.3, 0.4) is 0 Å².